The Morgan fingerprint density at radius 2 is 2.25 bits per heavy atom. The van der Waals surface area contributed by atoms with E-state index in [4.69, 9.17) is 11.0 Å². The summed E-state index contributed by atoms with van der Waals surface area (Å²) in [5.41, 5.74) is 6.30. The van der Waals surface area contributed by atoms with Gasteiger partial charge in [-0.3, -0.25) is 0 Å². The molecule has 0 aromatic heterocycles. The van der Waals surface area contributed by atoms with Gasteiger partial charge in [0.2, 0.25) is 0 Å². The second-order valence-electron chi connectivity index (χ2n) is 2.46. The molecule has 12 heavy (non-hydrogen) atoms. The average Bonchev–Trinajstić information content (AvgIpc) is 2.09. The summed E-state index contributed by atoms with van der Waals surface area (Å²) < 4.78 is 12.8. The average molecular weight is 164 g/mol. The minimum atomic E-state index is -0.474. The zero-order valence-electron chi connectivity index (χ0n) is 6.55. The molecule has 2 N–H and O–H groups in total. The van der Waals surface area contributed by atoms with Gasteiger partial charge in [0.05, 0.1) is 5.56 Å². The molecule has 1 aromatic carbocycles. The number of nitrogens with zero attached hydrogens (tertiary/aromatic N) is 1. The molecule has 0 bridgehead atoms. The largest absolute Gasteiger partial charge is 0.330 e. The smallest absolute Gasteiger partial charge is 0.140 e. The first kappa shape index (κ1) is 8.69. The van der Waals surface area contributed by atoms with Crippen molar-refractivity contribution in [2.45, 2.75) is 6.42 Å². The topological polar surface area (TPSA) is 49.8 Å². The molecule has 62 valence electrons. The lowest BCUT2D eigenvalue weighted by Crippen LogP contribution is -2.03. The molecule has 0 saturated carbocycles. The van der Waals surface area contributed by atoms with Gasteiger partial charge in [-0.1, -0.05) is 6.07 Å². The molecule has 0 unspecified atom stereocenters. The van der Waals surface area contributed by atoms with Gasteiger partial charge in [0.15, 0.2) is 0 Å². The molecule has 2 nitrogen and oxygen atoms in total. The minimum Gasteiger partial charge on any atom is -0.330 e. The first-order valence-electron chi connectivity index (χ1n) is 3.66. The van der Waals surface area contributed by atoms with Crippen LogP contribution in [0.5, 0.6) is 0 Å². The first-order chi connectivity index (χ1) is 5.77. The Morgan fingerprint density at radius 1 is 1.50 bits per heavy atom. The van der Waals surface area contributed by atoms with Gasteiger partial charge in [-0.15, -0.1) is 0 Å². The van der Waals surface area contributed by atoms with Crippen molar-refractivity contribution in [2.24, 2.45) is 5.73 Å². The van der Waals surface area contributed by atoms with E-state index in [-0.39, 0.29) is 5.56 Å². The third-order valence-corrected chi connectivity index (χ3v) is 1.58. The second kappa shape index (κ2) is 3.84. The SMILES string of the molecule is N#Cc1cc(CCN)ccc1F. The van der Waals surface area contributed by atoms with E-state index in [1.807, 2.05) is 0 Å². The lowest BCUT2D eigenvalue weighted by molar-refractivity contribution is 0.623. The summed E-state index contributed by atoms with van der Waals surface area (Å²) >= 11 is 0. The maximum absolute atomic E-state index is 12.8. The Morgan fingerprint density at radius 3 is 2.83 bits per heavy atom. The summed E-state index contributed by atoms with van der Waals surface area (Å²) in [5, 5.41) is 8.49. The number of rotatable bonds is 2. The highest BCUT2D eigenvalue weighted by Gasteiger charge is 2.01. The van der Waals surface area contributed by atoms with Crippen molar-refractivity contribution in [3.05, 3.63) is 35.1 Å². The molecule has 0 atom stereocenters. The first-order valence-corrected chi connectivity index (χ1v) is 3.66. The van der Waals surface area contributed by atoms with Crippen molar-refractivity contribution >= 4 is 0 Å². The van der Waals surface area contributed by atoms with E-state index < -0.39 is 5.82 Å². The van der Waals surface area contributed by atoms with Crippen molar-refractivity contribution in [3.8, 4) is 6.07 Å². The third kappa shape index (κ3) is 1.80. The molecule has 0 heterocycles. The lowest BCUT2D eigenvalue weighted by atomic mass is 10.1. The predicted octanol–water partition coefficient (Wildman–Crippen LogP) is 1.20. The van der Waals surface area contributed by atoms with E-state index in [9.17, 15) is 4.39 Å². The lowest BCUT2D eigenvalue weighted by Gasteiger charge is -1.98. The molecule has 0 amide bonds. The molecule has 0 aliphatic heterocycles. The summed E-state index contributed by atoms with van der Waals surface area (Å²) in [7, 11) is 0. The summed E-state index contributed by atoms with van der Waals surface area (Å²) in [6.07, 6.45) is 0.676. The molecular weight excluding hydrogens is 155 g/mol. The molecule has 0 aliphatic carbocycles. The fraction of sp³-hybridized carbons (Fsp3) is 0.222. The standard InChI is InChI=1S/C9H9FN2/c10-9-2-1-7(3-4-11)5-8(9)6-12/h1-2,5H,3-4,11H2. The van der Waals surface area contributed by atoms with E-state index in [2.05, 4.69) is 0 Å². The van der Waals surface area contributed by atoms with Crippen LogP contribution in [-0.2, 0) is 6.42 Å². The van der Waals surface area contributed by atoms with Gasteiger partial charge in [-0.25, -0.2) is 4.39 Å². The number of halogens is 1. The maximum atomic E-state index is 12.8. The van der Waals surface area contributed by atoms with Crippen LogP contribution in [0.3, 0.4) is 0 Å². The number of benzene rings is 1. The van der Waals surface area contributed by atoms with Crippen LogP contribution < -0.4 is 5.73 Å². The molecule has 0 aliphatic rings. The Kier molecular flexibility index (Phi) is 2.78. The molecule has 3 heteroatoms. The Balaban J connectivity index is 2.99. The third-order valence-electron chi connectivity index (χ3n) is 1.58. The Bertz CT molecular complexity index is 315. The Hall–Kier alpha value is -1.40. The number of nitrogens with two attached hydrogens (primary N) is 1. The van der Waals surface area contributed by atoms with Crippen molar-refractivity contribution in [1.29, 1.82) is 5.26 Å². The molecule has 0 saturated heterocycles. The molecule has 1 aromatic rings. The molecule has 1 rings (SSSR count). The Labute approximate surface area is 70.4 Å². The highest BCUT2D eigenvalue weighted by Crippen LogP contribution is 2.09. The zero-order valence-corrected chi connectivity index (χ0v) is 6.55. The normalized spacial score (nSPS) is 9.42. The van der Waals surface area contributed by atoms with Gasteiger partial charge < -0.3 is 5.73 Å². The zero-order chi connectivity index (χ0) is 8.97. The van der Waals surface area contributed by atoms with Crippen LogP contribution in [0.25, 0.3) is 0 Å². The highest BCUT2D eigenvalue weighted by atomic mass is 19.1. The van der Waals surface area contributed by atoms with Gasteiger partial charge in [0, 0.05) is 0 Å². The number of hydrogen-bond acceptors (Lipinski definition) is 2. The van der Waals surface area contributed by atoms with Gasteiger partial charge in [0.1, 0.15) is 11.9 Å². The second-order valence-corrected chi connectivity index (χ2v) is 2.46. The number of hydrogen-bond donors (Lipinski definition) is 1. The summed E-state index contributed by atoms with van der Waals surface area (Å²) in [6.45, 7) is 0.510. The van der Waals surface area contributed by atoms with Gasteiger partial charge in [-0.2, -0.15) is 5.26 Å². The van der Waals surface area contributed by atoms with Crippen molar-refractivity contribution in [1.82, 2.24) is 0 Å². The van der Waals surface area contributed by atoms with Crippen LogP contribution in [0.1, 0.15) is 11.1 Å². The summed E-state index contributed by atoms with van der Waals surface area (Å²) in [5.74, 6) is -0.474. The minimum absolute atomic E-state index is 0.0842. The fourth-order valence-electron chi connectivity index (χ4n) is 0.980. The van der Waals surface area contributed by atoms with Crippen molar-refractivity contribution in [2.75, 3.05) is 6.54 Å². The molecule has 0 fully saturated rings. The van der Waals surface area contributed by atoms with Gasteiger partial charge in [0.25, 0.3) is 0 Å². The maximum Gasteiger partial charge on any atom is 0.140 e. The molecule has 0 spiro atoms. The number of nitriles is 1. The fourth-order valence-corrected chi connectivity index (χ4v) is 0.980. The van der Waals surface area contributed by atoms with Crippen molar-refractivity contribution in [3.63, 3.8) is 0 Å². The summed E-state index contributed by atoms with van der Waals surface area (Å²) in [6, 6.07) is 6.25. The van der Waals surface area contributed by atoms with Crippen LogP contribution in [0.15, 0.2) is 18.2 Å². The van der Waals surface area contributed by atoms with Crippen LogP contribution >= 0.6 is 0 Å². The molecular formula is C9H9FN2. The van der Waals surface area contributed by atoms with Crippen LogP contribution in [0.4, 0.5) is 4.39 Å². The predicted molar refractivity (Wildman–Crippen MR) is 43.9 cm³/mol. The van der Waals surface area contributed by atoms with E-state index in [0.29, 0.717) is 13.0 Å². The van der Waals surface area contributed by atoms with Crippen LogP contribution in [0.2, 0.25) is 0 Å². The summed E-state index contributed by atoms with van der Waals surface area (Å²) in [4.78, 5) is 0. The quantitative estimate of drug-likeness (QED) is 0.714. The van der Waals surface area contributed by atoms with Gasteiger partial charge in [-0.05, 0) is 30.7 Å². The molecule has 0 radical (unpaired) electrons. The van der Waals surface area contributed by atoms with E-state index >= 15 is 0 Å². The van der Waals surface area contributed by atoms with E-state index in [1.165, 1.54) is 12.1 Å². The highest BCUT2D eigenvalue weighted by molar-refractivity contribution is 5.34. The van der Waals surface area contributed by atoms with Crippen LogP contribution in [-0.4, -0.2) is 6.54 Å². The van der Waals surface area contributed by atoms with E-state index in [1.54, 1.807) is 12.1 Å². The monoisotopic (exact) mass is 164 g/mol. The van der Waals surface area contributed by atoms with Crippen LogP contribution in [0, 0.1) is 17.1 Å². The van der Waals surface area contributed by atoms with E-state index in [0.717, 1.165) is 5.56 Å². The van der Waals surface area contributed by atoms with Gasteiger partial charge >= 0.3 is 0 Å². The van der Waals surface area contributed by atoms with Crippen molar-refractivity contribution < 1.29 is 4.39 Å².